The minimum atomic E-state index is -2.60. The zero-order valence-corrected chi connectivity index (χ0v) is 7.14. The molecular formula is C9H10F2N2. The zero-order chi connectivity index (χ0) is 9.84. The van der Waals surface area contributed by atoms with Crippen molar-refractivity contribution in [1.29, 1.82) is 5.41 Å². The van der Waals surface area contributed by atoms with Crippen molar-refractivity contribution in [2.75, 3.05) is 5.32 Å². The Bertz CT molecular complexity index is 310. The molecule has 1 aromatic carbocycles. The first-order valence-corrected chi connectivity index (χ1v) is 3.79. The van der Waals surface area contributed by atoms with Gasteiger partial charge in [0.1, 0.15) is 0 Å². The highest BCUT2D eigenvalue weighted by Gasteiger charge is 2.05. The predicted molar refractivity (Wildman–Crippen MR) is 48.7 cm³/mol. The van der Waals surface area contributed by atoms with Gasteiger partial charge in [-0.25, -0.2) is 0 Å². The van der Waals surface area contributed by atoms with Crippen LogP contribution in [0.2, 0.25) is 0 Å². The maximum absolute atomic E-state index is 12.0. The molecule has 4 heteroatoms. The first-order valence-electron chi connectivity index (χ1n) is 3.79. The lowest BCUT2D eigenvalue weighted by molar-refractivity contribution is 0.181. The molecule has 1 aromatic rings. The highest BCUT2D eigenvalue weighted by molar-refractivity contribution is 5.86. The SMILES string of the molecule is Cc1ccc(NC(F)F)c(C=N)c1. The van der Waals surface area contributed by atoms with E-state index >= 15 is 0 Å². The second-order valence-electron chi connectivity index (χ2n) is 2.68. The van der Waals surface area contributed by atoms with Gasteiger partial charge in [0.15, 0.2) is 0 Å². The number of hydrogen-bond acceptors (Lipinski definition) is 2. The Labute approximate surface area is 75.1 Å². The summed E-state index contributed by atoms with van der Waals surface area (Å²) >= 11 is 0. The van der Waals surface area contributed by atoms with Gasteiger partial charge in [0, 0.05) is 17.5 Å². The highest BCUT2D eigenvalue weighted by Crippen LogP contribution is 2.16. The fraction of sp³-hybridized carbons (Fsp3) is 0.222. The molecule has 0 amide bonds. The van der Waals surface area contributed by atoms with Crippen LogP contribution in [0.3, 0.4) is 0 Å². The van der Waals surface area contributed by atoms with E-state index in [1.807, 2.05) is 12.2 Å². The van der Waals surface area contributed by atoms with Gasteiger partial charge in [0.05, 0.1) is 0 Å². The van der Waals surface area contributed by atoms with Gasteiger partial charge < -0.3 is 10.7 Å². The molecule has 0 fully saturated rings. The van der Waals surface area contributed by atoms with Gasteiger partial charge in [-0.3, -0.25) is 0 Å². The minimum Gasteiger partial charge on any atom is -0.329 e. The summed E-state index contributed by atoms with van der Waals surface area (Å²) in [7, 11) is 0. The summed E-state index contributed by atoms with van der Waals surface area (Å²) in [6, 6.07) is 4.94. The van der Waals surface area contributed by atoms with Crippen LogP contribution < -0.4 is 5.32 Å². The third-order valence-electron chi connectivity index (χ3n) is 1.63. The number of rotatable bonds is 3. The molecule has 0 aliphatic rings. The van der Waals surface area contributed by atoms with Crippen molar-refractivity contribution in [1.82, 2.24) is 0 Å². The Morgan fingerprint density at radius 1 is 1.46 bits per heavy atom. The molecule has 0 heterocycles. The molecule has 0 aliphatic carbocycles. The number of alkyl halides is 2. The van der Waals surface area contributed by atoms with Crippen molar-refractivity contribution < 1.29 is 8.78 Å². The standard InChI is InChI=1S/C9H10F2N2/c1-6-2-3-8(13-9(10)11)7(4-6)5-12/h2-5,9,12-13H,1H3. The first kappa shape index (κ1) is 9.64. The first-order chi connectivity index (χ1) is 6.13. The van der Waals surface area contributed by atoms with Crippen molar-refractivity contribution in [3.8, 4) is 0 Å². The quantitative estimate of drug-likeness (QED) is 0.549. The summed E-state index contributed by atoms with van der Waals surface area (Å²) in [4.78, 5) is 0. The fourth-order valence-electron chi connectivity index (χ4n) is 1.05. The maximum Gasteiger partial charge on any atom is 0.312 e. The second kappa shape index (κ2) is 3.98. The molecule has 0 saturated heterocycles. The van der Waals surface area contributed by atoms with Crippen LogP contribution in [0, 0.1) is 12.3 Å². The smallest absolute Gasteiger partial charge is 0.312 e. The van der Waals surface area contributed by atoms with Crippen molar-refractivity contribution in [2.24, 2.45) is 0 Å². The van der Waals surface area contributed by atoms with Crippen LogP contribution in [0.5, 0.6) is 0 Å². The van der Waals surface area contributed by atoms with E-state index in [1.54, 1.807) is 18.2 Å². The molecule has 0 spiro atoms. The number of hydrogen-bond donors (Lipinski definition) is 2. The fourth-order valence-corrected chi connectivity index (χ4v) is 1.05. The van der Waals surface area contributed by atoms with E-state index in [0.717, 1.165) is 11.8 Å². The third kappa shape index (κ3) is 2.50. The molecule has 0 aliphatic heterocycles. The lowest BCUT2D eigenvalue weighted by Crippen LogP contribution is -2.08. The monoisotopic (exact) mass is 184 g/mol. The van der Waals surface area contributed by atoms with Crippen LogP contribution in [0.15, 0.2) is 18.2 Å². The van der Waals surface area contributed by atoms with Crippen LogP contribution in [-0.4, -0.2) is 12.8 Å². The molecule has 0 unspecified atom stereocenters. The second-order valence-corrected chi connectivity index (χ2v) is 2.68. The molecule has 70 valence electrons. The van der Waals surface area contributed by atoms with Crippen molar-refractivity contribution in [3.63, 3.8) is 0 Å². The van der Waals surface area contributed by atoms with E-state index in [4.69, 9.17) is 5.41 Å². The molecule has 13 heavy (non-hydrogen) atoms. The molecular weight excluding hydrogens is 174 g/mol. The van der Waals surface area contributed by atoms with Gasteiger partial charge in [-0.1, -0.05) is 11.6 Å². The van der Waals surface area contributed by atoms with Crippen molar-refractivity contribution in [2.45, 2.75) is 13.5 Å². The molecule has 2 nitrogen and oxygen atoms in total. The Kier molecular flexibility index (Phi) is 2.95. The van der Waals surface area contributed by atoms with Gasteiger partial charge in [0.2, 0.25) is 0 Å². The highest BCUT2D eigenvalue weighted by atomic mass is 19.3. The van der Waals surface area contributed by atoms with E-state index in [0.29, 0.717) is 5.56 Å². The third-order valence-corrected chi connectivity index (χ3v) is 1.63. The Morgan fingerprint density at radius 2 is 2.15 bits per heavy atom. The van der Waals surface area contributed by atoms with Gasteiger partial charge in [-0.05, 0) is 19.1 Å². The molecule has 0 atom stereocenters. The lowest BCUT2D eigenvalue weighted by atomic mass is 10.1. The van der Waals surface area contributed by atoms with Gasteiger partial charge in [-0.2, -0.15) is 8.78 Å². The van der Waals surface area contributed by atoms with E-state index in [1.165, 1.54) is 0 Å². The van der Waals surface area contributed by atoms with Crippen LogP contribution in [0.1, 0.15) is 11.1 Å². The summed E-state index contributed by atoms with van der Waals surface area (Å²) in [6.07, 6.45) is 1.05. The maximum atomic E-state index is 12.0. The topological polar surface area (TPSA) is 35.9 Å². The molecule has 0 radical (unpaired) electrons. The van der Waals surface area contributed by atoms with Gasteiger partial charge in [-0.15, -0.1) is 0 Å². The van der Waals surface area contributed by atoms with Crippen LogP contribution in [-0.2, 0) is 0 Å². The van der Waals surface area contributed by atoms with Crippen molar-refractivity contribution in [3.05, 3.63) is 29.3 Å². The number of anilines is 1. The van der Waals surface area contributed by atoms with E-state index < -0.39 is 6.55 Å². The predicted octanol–water partition coefficient (Wildman–Crippen LogP) is 2.63. The summed E-state index contributed by atoms with van der Waals surface area (Å²) in [5.41, 5.74) is 1.70. The van der Waals surface area contributed by atoms with E-state index in [9.17, 15) is 8.78 Å². The van der Waals surface area contributed by atoms with Crippen LogP contribution in [0.25, 0.3) is 0 Å². The molecule has 1 rings (SSSR count). The largest absolute Gasteiger partial charge is 0.329 e. The molecule has 0 saturated carbocycles. The molecule has 0 bridgehead atoms. The average molecular weight is 184 g/mol. The summed E-state index contributed by atoms with van der Waals surface area (Å²) in [6.45, 7) is -0.750. The van der Waals surface area contributed by atoms with E-state index in [2.05, 4.69) is 0 Å². The number of nitrogens with one attached hydrogen (secondary N) is 2. The van der Waals surface area contributed by atoms with E-state index in [-0.39, 0.29) is 5.69 Å². The van der Waals surface area contributed by atoms with Gasteiger partial charge >= 0.3 is 6.55 Å². The summed E-state index contributed by atoms with van der Waals surface area (Å²) in [5.74, 6) is 0. The number of benzene rings is 1. The van der Waals surface area contributed by atoms with Crippen LogP contribution >= 0.6 is 0 Å². The Hall–Kier alpha value is -1.45. The minimum absolute atomic E-state index is 0.288. The summed E-state index contributed by atoms with van der Waals surface area (Å²) in [5, 5.41) is 8.98. The lowest BCUT2D eigenvalue weighted by Gasteiger charge is -2.08. The van der Waals surface area contributed by atoms with Gasteiger partial charge in [0.25, 0.3) is 0 Å². The Balaban J connectivity index is 2.99. The van der Waals surface area contributed by atoms with Crippen LogP contribution in [0.4, 0.5) is 14.5 Å². The summed E-state index contributed by atoms with van der Waals surface area (Å²) < 4.78 is 23.9. The Morgan fingerprint density at radius 3 is 2.69 bits per heavy atom. The zero-order valence-electron chi connectivity index (χ0n) is 7.14. The number of aryl methyl sites for hydroxylation is 1. The molecule has 0 aromatic heterocycles. The van der Waals surface area contributed by atoms with Crippen molar-refractivity contribution >= 4 is 11.9 Å². The number of halogens is 2. The normalized spacial score (nSPS) is 10.2. The molecule has 2 N–H and O–H groups in total. The average Bonchev–Trinajstić information content (AvgIpc) is 2.07.